The van der Waals surface area contributed by atoms with Gasteiger partial charge in [-0.1, -0.05) is 0 Å². The third kappa shape index (κ3) is 1.73. The molecule has 3 nitrogen and oxygen atoms in total. The molecule has 1 rings (SSSR count). The van der Waals surface area contributed by atoms with Gasteiger partial charge in [-0.3, -0.25) is 0 Å². The van der Waals surface area contributed by atoms with E-state index < -0.39 is 0 Å². The molecule has 0 aromatic carbocycles. The van der Waals surface area contributed by atoms with Crippen LogP contribution in [0.5, 0.6) is 0 Å². The summed E-state index contributed by atoms with van der Waals surface area (Å²) in [5, 5.41) is 12.9. The first-order chi connectivity index (χ1) is 4.33. The van der Waals surface area contributed by atoms with E-state index >= 15 is 0 Å². The average molecular weight is 143 g/mol. The molecule has 0 radical (unpaired) electrons. The first-order valence-corrected chi connectivity index (χ1v) is 3.58. The van der Waals surface area contributed by atoms with Crippen molar-refractivity contribution in [2.24, 2.45) is 0 Å². The van der Waals surface area contributed by atoms with Gasteiger partial charge in [0.15, 0.2) is 0 Å². The molecule has 0 unspecified atom stereocenters. The minimum atomic E-state index is 0.825. The van der Waals surface area contributed by atoms with Gasteiger partial charge in [-0.15, -0.1) is 21.5 Å². The van der Waals surface area contributed by atoms with Gasteiger partial charge in [0.1, 0.15) is 10.0 Å². The maximum Gasteiger partial charge on any atom is 0.131 e. The highest BCUT2D eigenvalue weighted by Gasteiger charge is 1.95. The maximum atomic E-state index is 3.91. The largest absolute Gasteiger partial charge is 0.313 e. The molecule has 1 N–H and O–H groups in total. The molecule has 0 aliphatic rings. The van der Waals surface area contributed by atoms with Crippen LogP contribution in [0.1, 0.15) is 10.0 Å². The zero-order valence-electron chi connectivity index (χ0n) is 5.51. The van der Waals surface area contributed by atoms with Crippen molar-refractivity contribution in [3.8, 4) is 0 Å². The Balaban J connectivity index is 2.61. The van der Waals surface area contributed by atoms with Crippen molar-refractivity contribution >= 4 is 11.3 Å². The Morgan fingerprint density at radius 2 is 2.33 bits per heavy atom. The fraction of sp³-hybridized carbons (Fsp3) is 0.600. The molecule has 0 atom stereocenters. The molecule has 0 spiro atoms. The van der Waals surface area contributed by atoms with Gasteiger partial charge in [-0.2, -0.15) is 0 Å². The lowest BCUT2D eigenvalue weighted by Gasteiger charge is -1.86. The van der Waals surface area contributed by atoms with Gasteiger partial charge in [-0.25, -0.2) is 0 Å². The monoisotopic (exact) mass is 143 g/mol. The summed E-state index contributed by atoms with van der Waals surface area (Å²) in [5.41, 5.74) is 0. The van der Waals surface area contributed by atoms with Crippen LogP contribution in [0.2, 0.25) is 0 Å². The van der Waals surface area contributed by atoms with E-state index in [-0.39, 0.29) is 0 Å². The van der Waals surface area contributed by atoms with Crippen LogP contribution in [0, 0.1) is 6.92 Å². The van der Waals surface area contributed by atoms with E-state index in [9.17, 15) is 0 Å². The second-order valence-electron chi connectivity index (χ2n) is 1.75. The molecule has 4 heteroatoms. The normalized spacial score (nSPS) is 10.0. The van der Waals surface area contributed by atoms with Gasteiger partial charge in [0.25, 0.3) is 0 Å². The number of nitrogens with one attached hydrogen (secondary N) is 1. The van der Waals surface area contributed by atoms with Crippen molar-refractivity contribution in [2.45, 2.75) is 13.5 Å². The molecule has 0 aliphatic carbocycles. The van der Waals surface area contributed by atoms with E-state index in [1.807, 2.05) is 14.0 Å². The predicted octanol–water partition coefficient (Wildman–Crippen LogP) is 0.566. The fourth-order valence-corrected chi connectivity index (χ4v) is 1.28. The lowest BCUT2D eigenvalue weighted by atomic mass is 10.7. The second-order valence-corrected chi connectivity index (χ2v) is 3.01. The molecule has 0 amide bonds. The zero-order valence-corrected chi connectivity index (χ0v) is 6.33. The van der Waals surface area contributed by atoms with Crippen molar-refractivity contribution < 1.29 is 0 Å². The fourth-order valence-electron chi connectivity index (χ4n) is 0.560. The lowest BCUT2D eigenvalue weighted by molar-refractivity contribution is 0.793. The number of hydrogen-bond acceptors (Lipinski definition) is 4. The van der Waals surface area contributed by atoms with Crippen LogP contribution in [-0.4, -0.2) is 17.2 Å². The van der Waals surface area contributed by atoms with Gasteiger partial charge in [0, 0.05) is 6.54 Å². The Labute approximate surface area is 58.1 Å². The Hall–Kier alpha value is -0.480. The van der Waals surface area contributed by atoms with Crippen LogP contribution in [0.15, 0.2) is 0 Å². The topological polar surface area (TPSA) is 37.8 Å². The number of hydrogen-bond donors (Lipinski definition) is 1. The van der Waals surface area contributed by atoms with Gasteiger partial charge in [0.2, 0.25) is 0 Å². The molecule has 1 heterocycles. The van der Waals surface area contributed by atoms with Crippen LogP contribution >= 0.6 is 11.3 Å². The molecule has 0 saturated heterocycles. The van der Waals surface area contributed by atoms with Crippen molar-refractivity contribution in [1.29, 1.82) is 0 Å². The van der Waals surface area contributed by atoms with E-state index in [0.29, 0.717) is 0 Å². The summed E-state index contributed by atoms with van der Waals surface area (Å²) >= 11 is 1.63. The Morgan fingerprint density at radius 1 is 1.56 bits per heavy atom. The van der Waals surface area contributed by atoms with Crippen LogP contribution in [0.25, 0.3) is 0 Å². The zero-order chi connectivity index (χ0) is 6.69. The summed E-state index contributed by atoms with van der Waals surface area (Å²) in [6.07, 6.45) is 0. The van der Waals surface area contributed by atoms with Crippen LogP contribution in [0.4, 0.5) is 0 Å². The summed E-state index contributed by atoms with van der Waals surface area (Å²) in [6.45, 7) is 2.78. The Morgan fingerprint density at radius 3 is 2.78 bits per heavy atom. The summed E-state index contributed by atoms with van der Waals surface area (Å²) in [7, 11) is 1.90. The summed E-state index contributed by atoms with van der Waals surface area (Å²) in [4.78, 5) is 0. The molecular weight excluding hydrogens is 134 g/mol. The van der Waals surface area contributed by atoms with Crippen molar-refractivity contribution in [3.05, 3.63) is 10.0 Å². The number of rotatable bonds is 2. The van der Waals surface area contributed by atoms with Crippen LogP contribution in [-0.2, 0) is 6.54 Å². The van der Waals surface area contributed by atoms with Crippen LogP contribution in [0.3, 0.4) is 0 Å². The van der Waals surface area contributed by atoms with E-state index in [1.54, 1.807) is 11.3 Å². The summed E-state index contributed by atoms with van der Waals surface area (Å²) in [5.74, 6) is 0. The van der Waals surface area contributed by atoms with Crippen molar-refractivity contribution in [2.75, 3.05) is 7.05 Å². The predicted molar refractivity (Wildman–Crippen MR) is 37.4 cm³/mol. The van der Waals surface area contributed by atoms with Gasteiger partial charge in [-0.05, 0) is 14.0 Å². The summed E-state index contributed by atoms with van der Waals surface area (Å²) < 4.78 is 0. The highest BCUT2D eigenvalue weighted by Crippen LogP contribution is 2.06. The Bertz CT molecular complexity index is 184. The molecule has 0 fully saturated rings. The lowest BCUT2D eigenvalue weighted by Crippen LogP contribution is -2.04. The third-order valence-corrected chi connectivity index (χ3v) is 1.73. The van der Waals surface area contributed by atoms with E-state index in [1.165, 1.54) is 0 Å². The van der Waals surface area contributed by atoms with E-state index in [4.69, 9.17) is 0 Å². The molecule has 0 saturated carbocycles. The molecule has 1 aromatic heterocycles. The number of nitrogens with zero attached hydrogens (tertiary/aromatic N) is 2. The molecular formula is C5H9N3S. The Kier molecular flexibility index (Phi) is 2.13. The highest BCUT2D eigenvalue weighted by atomic mass is 32.1. The SMILES string of the molecule is CNCc1nnc(C)s1. The maximum absolute atomic E-state index is 3.91. The quantitative estimate of drug-likeness (QED) is 0.657. The molecule has 50 valence electrons. The molecule has 0 bridgehead atoms. The van der Waals surface area contributed by atoms with E-state index in [0.717, 1.165) is 16.6 Å². The molecule has 9 heavy (non-hydrogen) atoms. The number of aryl methyl sites for hydroxylation is 1. The van der Waals surface area contributed by atoms with Crippen molar-refractivity contribution in [1.82, 2.24) is 15.5 Å². The van der Waals surface area contributed by atoms with Crippen LogP contribution < -0.4 is 5.32 Å². The van der Waals surface area contributed by atoms with E-state index in [2.05, 4.69) is 15.5 Å². The minimum Gasteiger partial charge on any atom is -0.313 e. The molecule has 0 aliphatic heterocycles. The number of aromatic nitrogens is 2. The second kappa shape index (κ2) is 2.89. The first kappa shape index (κ1) is 6.64. The molecule has 1 aromatic rings. The van der Waals surface area contributed by atoms with Gasteiger partial charge in [0.05, 0.1) is 0 Å². The smallest absolute Gasteiger partial charge is 0.131 e. The standard InChI is InChI=1S/C5H9N3S/c1-4-7-8-5(9-4)3-6-2/h6H,3H2,1-2H3. The third-order valence-electron chi connectivity index (χ3n) is 0.896. The summed E-state index contributed by atoms with van der Waals surface area (Å²) in [6, 6.07) is 0. The van der Waals surface area contributed by atoms with Gasteiger partial charge < -0.3 is 5.32 Å². The first-order valence-electron chi connectivity index (χ1n) is 2.76. The highest BCUT2D eigenvalue weighted by molar-refractivity contribution is 7.11. The minimum absolute atomic E-state index is 0.825. The average Bonchev–Trinajstić information content (AvgIpc) is 2.17. The van der Waals surface area contributed by atoms with Crippen molar-refractivity contribution in [3.63, 3.8) is 0 Å². The van der Waals surface area contributed by atoms with Gasteiger partial charge >= 0.3 is 0 Å².